The Morgan fingerprint density at radius 2 is 1.79 bits per heavy atom. The minimum absolute atomic E-state index is 0.0361. The normalized spacial score (nSPS) is 30.5. The molecule has 3 unspecified atom stereocenters. The van der Waals surface area contributed by atoms with E-state index < -0.39 is 0 Å². The maximum Gasteiger partial charge on any atom is 0.338 e. The topological polar surface area (TPSA) is 43.4 Å². The molecular weight excluding hydrogens is 300 g/mol. The van der Waals surface area contributed by atoms with Gasteiger partial charge in [-0.2, -0.15) is 0 Å². The van der Waals surface area contributed by atoms with Crippen molar-refractivity contribution in [2.75, 3.05) is 0 Å². The summed E-state index contributed by atoms with van der Waals surface area (Å²) in [5.41, 5.74) is 1.45. The summed E-state index contributed by atoms with van der Waals surface area (Å²) >= 11 is 0. The van der Waals surface area contributed by atoms with Crippen LogP contribution in [-0.4, -0.2) is 17.4 Å². The Balaban J connectivity index is 1.45. The van der Waals surface area contributed by atoms with Crippen LogP contribution in [0, 0.1) is 11.8 Å². The van der Waals surface area contributed by atoms with Crippen LogP contribution in [0.5, 0.6) is 0 Å². The molecule has 3 atom stereocenters. The summed E-state index contributed by atoms with van der Waals surface area (Å²) in [5.74, 6) is 0.543. The first-order valence-electron chi connectivity index (χ1n) is 9.11. The SMILES string of the molecule is CC1(OC(=O)c2ccc(C3CC4C=CC3C4=O)cc2)CCCCC1. The van der Waals surface area contributed by atoms with Crippen molar-refractivity contribution in [3.63, 3.8) is 0 Å². The summed E-state index contributed by atoms with van der Waals surface area (Å²) < 4.78 is 5.79. The smallest absolute Gasteiger partial charge is 0.338 e. The molecule has 3 nitrogen and oxygen atoms in total. The van der Waals surface area contributed by atoms with Crippen LogP contribution in [0.4, 0.5) is 0 Å². The van der Waals surface area contributed by atoms with Crippen molar-refractivity contribution in [3.05, 3.63) is 47.5 Å². The summed E-state index contributed by atoms with van der Waals surface area (Å²) in [5, 5.41) is 0. The van der Waals surface area contributed by atoms with E-state index in [4.69, 9.17) is 4.74 Å². The molecule has 3 aliphatic rings. The van der Waals surface area contributed by atoms with E-state index in [9.17, 15) is 9.59 Å². The predicted molar refractivity (Wildman–Crippen MR) is 91.8 cm³/mol. The van der Waals surface area contributed by atoms with Gasteiger partial charge in [0.2, 0.25) is 0 Å². The minimum Gasteiger partial charge on any atom is -0.456 e. The van der Waals surface area contributed by atoms with Gasteiger partial charge in [0.05, 0.1) is 5.56 Å². The molecule has 4 rings (SSSR count). The van der Waals surface area contributed by atoms with Crippen molar-refractivity contribution < 1.29 is 14.3 Å². The van der Waals surface area contributed by atoms with E-state index >= 15 is 0 Å². The first-order valence-corrected chi connectivity index (χ1v) is 9.11. The van der Waals surface area contributed by atoms with E-state index in [1.54, 1.807) is 0 Å². The van der Waals surface area contributed by atoms with Crippen LogP contribution in [0.2, 0.25) is 0 Å². The second-order valence-corrected chi connectivity index (χ2v) is 7.78. The van der Waals surface area contributed by atoms with Gasteiger partial charge < -0.3 is 4.74 Å². The number of rotatable bonds is 3. The molecule has 1 aromatic rings. The molecular formula is C21H24O3. The van der Waals surface area contributed by atoms with Crippen LogP contribution >= 0.6 is 0 Å². The second-order valence-electron chi connectivity index (χ2n) is 7.78. The van der Waals surface area contributed by atoms with E-state index in [2.05, 4.69) is 0 Å². The molecule has 0 spiro atoms. The van der Waals surface area contributed by atoms with Crippen LogP contribution in [0.1, 0.15) is 67.3 Å². The van der Waals surface area contributed by atoms with Gasteiger partial charge in [-0.1, -0.05) is 30.7 Å². The lowest BCUT2D eigenvalue weighted by Crippen LogP contribution is -2.33. The number of carbonyl (C=O) groups is 2. The summed E-state index contributed by atoms with van der Waals surface area (Å²) in [6.07, 6.45) is 10.4. The average Bonchev–Trinajstić information content (AvgIpc) is 3.10. The van der Waals surface area contributed by atoms with Crippen LogP contribution in [-0.2, 0) is 9.53 Å². The summed E-state index contributed by atoms with van der Waals surface area (Å²) in [7, 11) is 0. The number of esters is 1. The van der Waals surface area contributed by atoms with Crippen molar-refractivity contribution >= 4 is 11.8 Å². The standard InChI is InChI=1S/C21H24O3/c1-21(11-3-2-4-12-21)24-20(23)15-7-5-14(6-8-15)18-13-16-9-10-17(18)19(16)22/h5-10,16-18H,2-4,11-13H2,1H3. The number of Topliss-reactive ketones (excluding diaryl/α,β-unsaturated/α-hetero) is 1. The van der Waals surface area contributed by atoms with Crippen molar-refractivity contribution in [2.24, 2.45) is 11.8 Å². The maximum absolute atomic E-state index is 12.4. The van der Waals surface area contributed by atoms with Crippen molar-refractivity contribution in [2.45, 2.75) is 57.0 Å². The molecule has 0 radical (unpaired) electrons. The minimum atomic E-state index is -0.310. The fraction of sp³-hybridized carbons (Fsp3) is 0.524. The molecule has 0 saturated heterocycles. The van der Waals surface area contributed by atoms with Crippen LogP contribution in [0.25, 0.3) is 0 Å². The third-order valence-electron chi connectivity index (χ3n) is 6.01. The number of ketones is 1. The van der Waals surface area contributed by atoms with Gasteiger partial charge in [-0.3, -0.25) is 4.79 Å². The van der Waals surface area contributed by atoms with Crippen molar-refractivity contribution in [1.29, 1.82) is 0 Å². The molecule has 2 bridgehead atoms. The highest BCUT2D eigenvalue weighted by atomic mass is 16.6. The Labute approximate surface area is 143 Å². The lowest BCUT2D eigenvalue weighted by atomic mass is 9.86. The zero-order chi connectivity index (χ0) is 16.7. The van der Waals surface area contributed by atoms with Gasteiger partial charge >= 0.3 is 5.97 Å². The average molecular weight is 324 g/mol. The largest absolute Gasteiger partial charge is 0.456 e. The molecule has 0 N–H and O–H groups in total. The van der Waals surface area contributed by atoms with E-state index in [0.717, 1.165) is 37.7 Å². The van der Waals surface area contributed by atoms with Gasteiger partial charge in [0.25, 0.3) is 0 Å². The third kappa shape index (κ3) is 2.70. The highest BCUT2D eigenvalue weighted by Gasteiger charge is 2.44. The van der Waals surface area contributed by atoms with Gasteiger partial charge in [0.1, 0.15) is 11.4 Å². The van der Waals surface area contributed by atoms with E-state index in [1.807, 2.05) is 43.3 Å². The molecule has 0 aromatic heterocycles. The molecule has 3 aliphatic carbocycles. The van der Waals surface area contributed by atoms with Crippen LogP contribution < -0.4 is 0 Å². The number of hydrogen-bond donors (Lipinski definition) is 0. The van der Waals surface area contributed by atoms with Crippen LogP contribution in [0.15, 0.2) is 36.4 Å². The molecule has 2 saturated carbocycles. The van der Waals surface area contributed by atoms with Gasteiger partial charge in [0, 0.05) is 11.8 Å². The summed E-state index contributed by atoms with van der Waals surface area (Å²) in [6.45, 7) is 2.05. The number of allylic oxidation sites excluding steroid dienone is 2. The number of ether oxygens (including phenoxy) is 1. The monoisotopic (exact) mass is 324 g/mol. The Hall–Kier alpha value is -1.90. The maximum atomic E-state index is 12.4. The molecule has 0 amide bonds. The first kappa shape index (κ1) is 15.6. The lowest BCUT2D eigenvalue weighted by Gasteiger charge is -2.33. The molecule has 3 heteroatoms. The number of hydrogen-bond acceptors (Lipinski definition) is 3. The molecule has 24 heavy (non-hydrogen) atoms. The van der Waals surface area contributed by atoms with Crippen molar-refractivity contribution in [3.8, 4) is 0 Å². The van der Waals surface area contributed by atoms with Gasteiger partial charge in [-0.25, -0.2) is 4.79 Å². The highest BCUT2D eigenvalue weighted by molar-refractivity contribution is 5.93. The van der Waals surface area contributed by atoms with E-state index in [1.165, 1.54) is 6.42 Å². The lowest BCUT2D eigenvalue weighted by molar-refractivity contribution is -0.120. The zero-order valence-corrected chi connectivity index (χ0v) is 14.2. The van der Waals surface area contributed by atoms with Gasteiger partial charge in [-0.05, 0) is 62.6 Å². The molecule has 2 fully saturated rings. The second kappa shape index (κ2) is 5.87. The summed E-state index contributed by atoms with van der Waals surface area (Å²) in [4.78, 5) is 24.5. The van der Waals surface area contributed by atoms with E-state index in [0.29, 0.717) is 11.3 Å². The number of fused-ring (bicyclic) bond motifs is 2. The summed E-state index contributed by atoms with van der Waals surface area (Å²) in [6, 6.07) is 7.69. The van der Waals surface area contributed by atoms with Crippen LogP contribution in [0.3, 0.4) is 0 Å². The highest BCUT2D eigenvalue weighted by Crippen LogP contribution is 2.46. The Morgan fingerprint density at radius 3 is 2.38 bits per heavy atom. The first-order chi connectivity index (χ1) is 11.6. The van der Waals surface area contributed by atoms with E-state index in [-0.39, 0.29) is 29.3 Å². The number of benzene rings is 1. The molecule has 126 valence electrons. The predicted octanol–water partition coefficient (Wildman–Crippen LogP) is 4.42. The molecule has 0 aliphatic heterocycles. The van der Waals surface area contributed by atoms with Crippen molar-refractivity contribution in [1.82, 2.24) is 0 Å². The Kier molecular flexibility index (Phi) is 3.82. The Morgan fingerprint density at radius 1 is 1.08 bits per heavy atom. The van der Waals surface area contributed by atoms with Gasteiger partial charge in [0.15, 0.2) is 0 Å². The third-order valence-corrected chi connectivity index (χ3v) is 6.01. The number of carbonyl (C=O) groups excluding carboxylic acids is 2. The zero-order valence-electron chi connectivity index (χ0n) is 14.2. The molecule has 1 aromatic carbocycles. The fourth-order valence-electron chi connectivity index (χ4n) is 4.53. The Bertz CT molecular complexity index is 680. The quantitative estimate of drug-likeness (QED) is 0.610. The molecule has 0 heterocycles. The fourth-order valence-corrected chi connectivity index (χ4v) is 4.53. The van der Waals surface area contributed by atoms with Gasteiger partial charge in [-0.15, -0.1) is 0 Å².